The molecule has 3 fully saturated rings. The molecule has 0 aromatic carbocycles. The minimum Gasteiger partial charge on any atom is -0.467 e. The fourth-order valence-corrected chi connectivity index (χ4v) is 5.30. The van der Waals surface area contributed by atoms with Gasteiger partial charge in [0, 0.05) is 24.8 Å². The zero-order chi connectivity index (χ0) is 22.8. The normalized spacial score (nSPS) is 34.5. The van der Waals surface area contributed by atoms with Crippen molar-refractivity contribution in [1.82, 2.24) is 4.90 Å². The first-order valence-corrected chi connectivity index (χ1v) is 11.1. The Morgan fingerprint density at radius 3 is 2.72 bits per heavy atom. The number of likely N-dealkylation sites (tertiary alicyclic amines) is 1. The van der Waals surface area contributed by atoms with Crippen LogP contribution in [0.4, 0.5) is 0 Å². The molecule has 2 saturated carbocycles. The molecule has 1 unspecified atom stereocenters. The topological polar surface area (TPSA) is 142 Å². The van der Waals surface area contributed by atoms with Crippen molar-refractivity contribution in [3.8, 4) is 0 Å². The van der Waals surface area contributed by atoms with Crippen molar-refractivity contribution in [1.29, 1.82) is 0 Å². The molecular weight excluding hydrogens is 420 g/mol. The zero-order valence-electron chi connectivity index (χ0n) is 18.0. The number of ether oxygens (including phenoxy) is 1. The highest BCUT2D eigenvalue weighted by Crippen LogP contribution is 2.49. The Bertz CT molecular complexity index is 841. The average molecular weight is 450 g/mol. The molecule has 0 spiro atoms. The van der Waals surface area contributed by atoms with Crippen LogP contribution in [0.15, 0.2) is 28.0 Å². The number of aliphatic hydroxyl groups is 3. The molecule has 7 atom stereocenters. The molecule has 2 amide bonds. The number of imide groups is 1. The van der Waals surface area contributed by atoms with Crippen molar-refractivity contribution in [2.75, 3.05) is 19.8 Å². The number of hydrogen-bond donors (Lipinski definition) is 3. The van der Waals surface area contributed by atoms with Crippen LogP contribution in [0.1, 0.15) is 31.9 Å². The molecule has 1 aromatic heterocycles. The lowest BCUT2D eigenvalue weighted by Crippen LogP contribution is -2.54. The van der Waals surface area contributed by atoms with Crippen LogP contribution in [0.2, 0.25) is 0 Å². The molecule has 3 N–H and O–H groups in total. The monoisotopic (exact) mass is 450 g/mol. The molecule has 3 aliphatic rings. The van der Waals surface area contributed by atoms with E-state index in [2.05, 4.69) is 5.16 Å². The quantitative estimate of drug-likeness (QED) is 0.379. The Kier molecular flexibility index (Phi) is 6.94. The second-order valence-electron chi connectivity index (χ2n) is 8.70. The van der Waals surface area contributed by atoms with Gasteiger partial charge in [0.05, 0.1) is 42.6 Å². The summed E-state index contributed by atoms with van der Waals surface area (Å²) in [5, 5.41) is 35.3. The summed E-state index contributed by atoms with van der Waals surface area (Å²) in [6, 6.07) is 3.52. The highest BCUT2D eigenvalue weighted by Gasteiger charge is 2.59. The number of oxime groups is 1. The van der Waals surface area contributed by atoms with Gasteiger partial charge >= 0.3 is 0 Å². The highest BCUT2D eigenvalue weighted by atomic mass is 16.6. The number of hydrogen-bond acceptors (Lipinski definition) is 9. The lowest BCUT2D eigenvalue weighted by molar-refractivity contribution is -0.141. The van der Waals surface area contributed by atoms with Gasteiger partial charge in [-0.15, -0.1) is 0 Å². The maximum atomic E-state index is 12.9. The lowest BCUT2D eigenvalue weighted by atomic mass is 9.60. The SMILES string of the molecule is CCN1C(=O)[C@H]2[C@H]3C(O)[C@H](O)C/C(=N\OC[C@@H](O)COCc4ccco4)[C@@H]3CC[C@H]2C1=O. The van der Waals surface area contributed by atoms with E-state index in [4.69, 9.17) is 14.0 Å². The van der Waals surface area contributed by atoms with Crippen LogP contribution < -0.4 is 0 Å². The second kappa shape index (κ2) is 9.70. The van der Waals surface area contributed by atoms with Crippen LogP contribution in [0.3, 0.4) is 0 Å². The number of fused-ring (bicyclic) bond motifs is 3. The lowest BCUT2D eigenvalue weighted by Gasteiger charge is -2.45. The maximum Gasteiger partial charge on any atom is 0.233 e. The van der Waals surface area contributed by atoms with Crippen molar-refractivity contribution in [3.63, 3.8) is 0 Å². The van der Waals surface area contributed by atoms with Gasteiger partial charge in [0.2, 0.25) is 11.8 Å². The van der Waals surface area contributed by atoms with Crippen LogP contribution in [0.25, 0.3) is 0 Å². The van der Waals surface area contributed by atoms with Gasteiger partial charge in [-0.05, 0) is 31.9 Å². The molecular formula is C22H30N2O8. The van der Waals surface area contributed by atoms with E-state index in [9.17, 15) is 24.9 Å². The summed E-state index contributed by atoms with van der Waals surface area (Å²) in [6.07, 6.45) is -0.365. The predicted octanol–water partition coefficient (Wildman–Crippen LogP) is 0.303. The molecule has 10 heteroatoms. The van der Waals surface area contributed by atoms with Gasteiger partial charge in [-0.3, -0.25) is 14.5 Å². The second-order valence-corrected chi connectivity index (χ2v) is 8.70. The summed E-state index contributed by atoms with van der Waals surface area (Å²) in [5.74, 6) is -1.80. The number of rotatable bonds is 8. The maximum absolute atomic E-state index is 12.9. The summed E-state index contributed by atoms with van der Waals surface area (Å²) < 4.78 is 10.5. The standard InChI is InChI=1S/C22H30N2O8/c1-2-24-21(28)15-6-5-14-16(8-17(26)20(27)18(14)19(15)22(24)29)23-32-10-12(25)9-30-11-13-4-3-7-31-13/h3-4,7,12,14-15,17-20,25-27H,2,5-6,8-11H2,1H3/b23-16+/t12-,14-,15+,17+,18-,19+,20?/m0/s1. The highest BCUT2D eigenvalue weighted by molar-refractivity contribution is 6.06. The molecule has 2 heterocycles. The van der Waals surface area contributed by atoms with E-state index in [1.54, 1.807) is 25.3 Å². The van der Waals surface area contributed by atoms with Gasteiger partial charge in [0.25, 0.3) is 0 Å². The Morgan fingerprint density at radius 2 is 2.00 bits per heavy atom. The van der Waals surface area contributed by atoms with Crippen molar-refractivity contribution < 1.29 is 38.9 Å². The molecule has 10 nitrogen and oxygen atoms in total. The van der Waals surface area contributed by atoms with Gasteiger partial charge in [0.15, 0.2) is 0 Å². The summed E-state index contributed by atoms with van der Waals surface area (Å²) in [7, 11) is 0. The third-order valence-corrected chi connectivity index (χ3v) is 6.77. The molecule has 4 rings (SSSR count). The van der Waals surface area contributed by atoms with Gasteiger partial charge in [0.1, 0.15) is 25.1 Å². The van der Waals surface area contributed by atoms with Crippen molar-refractivity contribution in [2.24, 2.45) is 28.8 Å². The third kappa shape index (κ3) is 4.32. The smallest absolute Gasteiger partial charge is 0.233 e. The van der Waals surface area contributed by atoms with Crippen LogP contribution in [0.5, 0.6) is 0 Å². The molecule has 1 saturated heterocycles. The minimum atomic E-state index is -1.11. The number of nitrogens with zero attached hydrogens (tertiary/aromatic N) is 2. The third-order valence-electron chi connectivity index (χ3n) is 6.77. The van der Waals surface area contributed by atoms with Gasteiger partial charge < -0.3 is 29.3 Å². The van der Waals surface area contributed by atoms with E-state index in [1.165, 1.54) is 4.90 Å². The average Bonchev–Trinajstić information content (AvgIpc) is 3.37. The van der Waals surface area contributed by atoms with Crippen molar-refractivity contribution >= 4 is 17.5 Å². The number of carbonyl (C=O) groups excluding carboxylic acids is 2. The fraction of sp³-hybridized carbons (Fsp3) is 0.682. The Morgan fingerprint density at radius 1 is 1.22 bits per heavy atom. The summed E-state index contributed by atoms with van der Waals surface area (Å²) >= 11 is 0. The molecule has 1 aromatic rings. The van der Waals surface area contributed by atoms with E-state index in [0.717, 1.165) is 0 Å². The number of carbonyl (C=O) groups is 2. The minimum absolute atomic E-state index is 0.0339. The van der Waals surface area contributed by atoms with Crippen LogP contribution in [-0.2, 0) is 25.8 Å². The largest absolute Gasteiger partial charge is 0.467 e. The van der Waals surface area contributed by atoms with Crippen molar-refractivity contribution in [3.05, 3.63) is 24.2 Å². The van der Waals surface area contributed by atoms with Gasteiger partial charge in [-0.1, -0.05) is 5.16 Å². The van der Waals surface area contributed by atoms with Gasteiger partial charge in [-0.2, -0.15) is 0 Å². The molecule has 0 bridgehead atoms. The predicted molar refractivity (Wildman–Crippen MR) is 110 cm³/mol. The van der Waals surface area contributed by atoms with E-state index in [0.29, 0.717) is 30.9 Å². The van der Waals surface area contributed by atoms with E-state index in [-0.39, 0.29) is 44.0 Å². The fourth-order valence-electron chi connectivity index (χ4n) is 5.30. The van der Waals surface area contributed by atoms with Crippen LogP contribution >= 0.6 is 0 Å². The zero-order valence-corrected chi connectivity index (χ0v) is 18.0. The molecule has 2 aliphatic carbocycles. The first kappa shape index (κ1) is 22.9. The number of aliphatic hydroxyl groups excluding tert-OH is 3. The summed E-state index contributed by atoms with van der Waals surface area (Å²) in [6.45, 7) is 2.21. The first-order chi connectivity index (χ1) is 15.4. The summed E-state index contributed by atoms with van der Waals surface area (Å²) in [4.78, 5) is 32.1. The molecule has 32 heavy (non-hydrogen) atoms. The molecule has 176 valence electrons. The van der Waals surface area contributed by atoms with Crippen LogP contribution in [-0.4, -0.2) is 75.8 Å². The number of amides is 2. The molecule has 1 aliphatic heterocycles. The van der Waals surface area contributed by atoms with Crippen LogP contribution in [0, 0.1) is 23.7 Å². The van der Waals surface area contributed by atoms with E-state index < -0.39 is 36.1 Å². The summed E-state index contributed by atoms with van der Waals surface area (Å²) in [5.41, 5.74) is 0.546. The molecule has 0 radical (unpaired) electrons. The number of furan rings is 1. The Labute approximate surface area is 185 Å². The first-order valence-electron chi connectivity index (χ1n) is 11.1. The van der Waals surface area contributed by atoms with E-state index >= 15 is 0 Å². The Hall–Kier alpha value is -2.27. The van der Waals surface area contributed by atoms with Gasteiger partial charge in [-0.25, -0.2) is 0 Å². The van der Waals surface area contributed by atoms with E-state index in [1.807, 2.05) is 0 Å². The van der Waals surface area contributed by atoms with Crippen molar-refractivity contribution in [2.45, 2.75) is 51.1 Å². The Balaban J connectivity index is 1.38.